The van der Waals surface area contributed by atoms with Gasteiger partial charge in [0.15, 0.2) is 0 Å². The number of hydrogen-bond acceptors (Lipinski definition) is 5. The summed E-state index contributed by atoms with van der Waals surface area (Å²) < 4.78 is 0. The van der Waals surface area contributed by atoms with Gasteiger partial charge in [-0.15, -0.1) is 0 Å². The minimum absolute atomic E-state index is 0.273. The van der Waals surface area contributed by atoms with Crippen LogP contribution in [0, 0.1) is 18.3 Å². The van der Waals surface area contributed by atoms with E-state index in [1.165, 1.54) is 0 Å². The normalized spacial score (nSPS) is 19.5. The molecule has 5 heteroatoms. The van der Waals surface area contributed by atoms with Crippen molar-refractivity contribution in [1.29, 1.82) is 5.26 Å². The Morgan fingerprint density at radius 1 is 1.17 bits per heavy atom. The van der Waals surface area contributed by atoms with Crippen LogP contribution >= 0.6 is 0 Å². The maximum absolute atomic E-state index is 9.42. The van der Waals surface area contributed by atoms with Gasteiger partial charge in [-0.2, -0.15) is 5.26 Å². The molecule has 2 atom stereocenters. The number of nitrogens with two attached hydrogens (primary N) is 1. The van der Waals surface area contributed by atoms with E-state index in [0.717, 1.165) is 34.5 Å². The van der Waals surface area contributed by atoms with E-state index in [9.17, 15) is 5.26 Å². The number of aryl methyl sites for hydroxylation is 1. The Balaban J connectivity index is 1.75. The molecule has 5 nitrogen and oxygen atoms in total. The minimum Gasteiger partial charge on any atom is -0.399 e. The number of fused-ring (bicyclic) bond motifs is 1. The van der Waals surface area contributed by atoms with Crippen molar-refractivity contribution >= 4 is 16.6 Å². The number of nitrogens with zero attached hydrogens (tertiary/aromatic N) is 4. The van der Waals surface area contributed by atoms with Gasteiger partial charge in [0, 0.05) is 40.5 Å². The van der Waals surface area contributed by atoms with E-state index >= 15 is 0 Å². The van der Waals surface area contributed by atoms with E-state index in [0.29, 0.717) is 11.3 Å². The summed E-state index contributed by atoms with van der Waals surface area (Å²) >= 11 is 0. The molecule has 0 radical (unpaired) electrons. The highest BCUT2D eigenvalue weighted by atomic mass is 14.9. The maximum Gasteiger partial charge on any atom is 0.132 e. The molecule has 1 aromatic carbocycles. The van der Waals surface area contributed by atoms with Gasteiger partial charge in [-0.1, -0.05) is 0 Å². The van der Waals surface area contributed by atoms with Crippen molar-refractivity contribution in [3.63, 3.8) is 0 Å². The summed E-state index contributed by atoms with van der Waals surface area (Å²) in [4.78, 5) is 13.6. The third kappa shape index (κ3) is 2.38. The summed E-state index contributed by atoms with van der Waals surface area (Å²) in [6, 6.07) is 11.5. The zero-order valence-corrected chi connectivity index (χ0v) is 12.7. The van der Waals surface area contributed by atoms with Gasteiger partial charge in [0.25, 0.3) is 0 Å². The van der Waals surface area contributed by atoms with E-state index in [2.05, 4.69) is 16.0 Å². The molecule has 23 heavy (non-hydrogen) atoms. The molecule has 2 aromatic heterocycles. The van der Waals surface area contributed by atoms with Crippen LogP contribution in [0.15, 0.2) is 36.5 Å². The van der Waals surface area contributed by atoms with Crippen LogP contribution in [-0.2, 0) is 0 Å². The summed E-state index contributed by atoms with van der Waals surface area (Å²) in [6.45, 7) is 1.97. The molecule has 0 unspecified atom stereocenters. The summed E-state index contributed by atoms with van der Waals surface area (Å²) in [6.07, 6.45) is 2.76. The smallest absolute Gasteiger partial charge is 0.132 e. The van der Waals surface area contributed by atoms with Crippen LogP contribution in [0.2, 0.25) is 0 Å². The second-order valence-corrected chi connectivity index (χ2v) is 5.99. The molecule has 0 amide bonds. The zero-order valence-electron chi connectivity index (χ0n) is 12.7. The first-order valence-corrected chi connectivity index (χ1v) is 7.55. The van der Waals surface area contributed by atoms with Gasteiger partial charge in [0.1, 0.15) is 5.82 Å². The number of nitrogen functional groups attached to an aromatic ring is 1. The fourth-order valence-corrected chi connectivity index (χ4v) is 3.00. The molecule has 3 aromatic rings. The van der Waals surface area contributed by atoms with Crippen LogP contribution < -0.4 is 5.73 Å². The predicted molar refractivity (Wildman–Crippen MR) is 87.7 cm³/mol. The van der Waals surface area contributed by atoms with Gasteiger partial charge < -0.3 is 5.73 Å². The van der Waals surface area contributed by atoms with Crippen molar-refractivity contribution in [3.05, 3.63) is 59.3 Å². The average Bonchev–Trinajstić information content (AvgIpc) is 3.34. The first-order valence-electron chi connectivity index (χ1n) is 7.55. The Morgan fingerprint density at radius 3 is 2.83 bits per heavy atom. The molecule has 0 aliphatic heterocycles. The number of rotatable bonds is 2. The SMILES string of the molecule is Cc1ccnc([C@H]2C[C@@H]2c2cc(C#N)c3ccc(N)cc3n2)n1. The molecule has 112 valence electrons. The summed E-state index contributed by atoms with van der Waals surface area (Å²) in [5, 5.41) is 10.3. The highest BCUT2D eigenvalue weighted by molar-refractivity contribution is 5.87. The standard InChI is InChI=1S/C18H15N5/c1-10-4-5-21-18(22-10)15-8-14(15)16-6-11(9-19)13-3-2-12(20)7-17(13)23-16/h2-7,14-15H,8,20H2,1H3/t14-,15-/m0/s1. The Hall–Kier alpha value is -3.00. The fraction of sp³-hybridized carbons (Fsp3) is 0.222. The van der Waals surface area contributed by atoms with E-state index in [1.807, 2.05) is 31.2 Å². The largest absolute Gasteiger partial charge is 0.399 e. The molecule has 4 rings (SSSR count). The van der Waals surface area contributed by atoms with Crippen LogP contribution in [0.3, 0.4) is 0 Å². The van der Waals surface area contributed by atoms with E-state index in [1.54, 1.807) is 12.3 Å². The lowest BCUT2D eigenvalue weighted by atomic mass is 10.1. The lowest BCUT2D eigenvalue weighted by Crippen LogP contribution is -1.97. The van der Waals surface area contributed by atoms with Gasteiger partial charge in [-0.3, -0.25) is 4.98 Å². The molecule has 2 heterocycles. The summed E-state index contributed by atoms with van der Waals surface area (Å²) in [5.41, 5.74) is 9.81. The first-order chi connectivity index (χ1) is 11.2. The number of pyridine rings is 1. The lowest BCUT2D eigenvalue weighted by molar-refractivity contribution is 0.867. The zero-order chi connectivity index (χ0) is 16.0. The predicted octanol–water partition coefficient (Wildman–Crippen LogP) is 3.06. The number of nitriles is 1. The third-order valence-electron chi connectivity index (χ3n) is 4.29. The fourth-order valence-electron chi connectivity index (χ4n) is 3.00. The topological polar surface area (TPSA) is 88.5 Å². The summed E-state index contributed by atoms with van der Waals surface area (Å²) in [5.74, 6) is 1.42. The van der Waals surface area contributed by atoms with Crippen molar-refractivity contribution in [1.82, 2.24) is 15.0 Å². The maximum atomic E-state index is 9.42. The average molecular weight is 301 g/mol. The molecule has 0 spiro atoms. The van der Waals surface area contributed by atoms with Crippen LogP contribution in [-0.4, -0.2) is 15.0 Å². The summed E-state index contributed by atoms with van der Waals surface area (Å²) in [7, 11) is 0. The number of benzene rings is 1. The van der Waals surface area contributed by atoms with Crippen LogP contribution in [0.25, 0.3) is 10.9 Å². The van der Waals surface area contributed by atoms with Gasteiger partial charge in [-0.25, -0.2) is 9.97 Å². The van der Waals surface area contributed by atoms with Crippen LogP contribution in [0.5, 0.6) is 0 Å². The molecule has 1 saturated carbocycles. The second kappa shape index (κ2) is 5.03. The Bertz CT molecular complexity index is 957. The van der Waals surface area contributed by atoms with Crippen molar-refractivity contribution < 1.29 is 0 Å². The quantitative estimate of drug-likeness (QED) is 0.735. The highest BCUT2D eigenvalue weighted by Crippen LogP contribution is 2.53. The number of hydrogen-bond donors (Lipinski definition) is 1. The van der Waals surface area contributed by atoms with Crippen molar-refractivity contribution in [2.45, 2.75) is 25.2 Å². The van der Waals surface area contributed by atoms with Crippen molar-refractivity contribution in [3.8, 4) is 6.07 Å². The first kappa shape index (κ1) is 13.6. The Labute approximate surface area is 133 Å². The number of anilines is 1. The minimum atomic E-state index is 0.273. The van der Waals surface area contributed by atoms with Crippen molar-refractivity contribution in [2.75, 3.05) is 5.73 Å². The second-order valence-electron chi connectivity index (χ2n) is 5.99. The van der Waals surface area contributed by atoms with Crippen molar-refractivity contribution in [2.24, 2.45) is 0 Å². The molecule has 0 saturated heterocycles. The molecule has 2 N–H and O–H groups in total. The molecule has 1 fully saturated rings. The molecule has 1 aliphatic carbocycles. The van der Waals surface area contributed by atoms with E-state index < -0.39 is 0 Å². The molecule has 0 bridgehead atoms. The lowest BCUT2D eigenvalue weighted by Gasteiger charge is -2.06. The van der Waals surface area contributed by atoms with Gasteiger partial charge >= 0.3 is 0 Å². The monoisotopic (exact) mass is 301 g/mol. The van der Waals surface area contributed by atoms with E-state index in [-0.39, 0.29) is 11.8 Å². The Kier molecular flexibility index (Phi) is 2.98. The van der Waals surface area contributed by atoms with Crippen LogP contribution in [0.1, 0.15) is 41.0 Å². The van der Waals surface area contributed by atoms with Gasteiger partial charge in [0.2, 0.25) is 0 Å². The number of aromatic nitrogens is 3. The molecular weight excluding hydrogens is 286 g/mol. The highest BCUT2D eigenvalue weighted by Gasteiger charge is 2.43. The van der Waals surface area contributed by atoms with Crippen LogP contribution in [0.4, 0.5) is 5.69 Å². The Morgan fingerprint density at radius 2 is 2.04 bits per heavy atom. The molecular formula is C18H15N5. The van der Waals surface area contributed by atoms with Gasteiger partial charge in [-0.05, 0) is 43.7 Å². The third-order valence-corrected chi connectivity index (χ3v) is 4.29. The van der Waals surface area contributed by atoms with Gasteiger partial charge in [0.05, 0.1) is 17.1 Å². The van der Waals surface area contributed by atoms with E-state index in [4.69, 9.17) is 10.7 Å². The molecule has 1 aliphatic rings.